The molecule has 1 aromatic heterocycles. The number of aromatic nitrogens is 2. The smallest absolute Gasteiger partial charge is 0.272 e. The van der Waals surface area contributed by atoms with E-state index in [2.05, 4.69) is 35.7 Å². The molecule has 0 unspecified atom stereocenters. The Morgan fingerprint density at radius 1 is 1.40 bits per heavy atom. The first-order chi connectivity index (χ1) is 11.8. The summed E-state index contributed by atoms with van der Waals surface area (Å²) >= 11 is 11.3. The fraction of sp³-hybridized carbons (Fsp3) is 0.467. The number of fused-ring (bicyclic) bond motifs is 1. The fourth-order valence-electron chi connectivity index (χ4n) is 2.21. The Labute approximate surface area is 158 Å². The molecule has 0 fully saturated rings. The number of thiocarbonyl (C=S) groups is 1. The third-order valence-corrected chi connectivity index (χ3v) is 5.81. The van der Waals surface area contributed by atoms with E-state index in [0.717, 1.165) is 29.1 Å². The van der Waals surface area contributed by atoms with Gasteiger partial charge in [0.1, 0.15) is 13.3 Å². The first-order valence-electron chi connectivity index (χ1n) is 7.91. The largest absolute Gasteiger partial charge is 0.465 e. The van der Waals surface area contributed by atoms with E-state index >= 15 is 0 Å². The molecule has 0 radical (unpaired) electrons. The van der Waals surface area contributed by atoms with E-state index in [-0.39, 0.29) is 11.8 Å². The third kappa shape index (κ3) is 5.91. The van der Waals surface area contributed by atoms with Crippen LogP contribution in [0.2, 0.25) is 30.7 Å². The van der Waals surface area contributed by atoms with E-state index in [0.29, 0.717) is 11.8 Å². The van der Waals surface area contributed by atoms with Crippen LogP contribution in [0.4, 0.5) is 0 Å². The van der Waals surface area contributed by atoms with E-state index < -0.39 is 8.07 Å². The molecule has 7 nitrogen and oxygen atoms in total. The SMILES string of the molecule is C[Si](C)(C)CCOCn1ncc2c(COC(=S)NNN)ccc(Cl)c21. The molecule has 0 aliphatic carbocycles. The van der Waals surface area contributed by atoms with Gasteiger partial charge in [-0.2, -0.15) is 10.6 Å². The minimum absolute atomic E-state index is 0.160. The zero-order valence-electron chi connectivity index (χ0n) is 14.6. The Kier molecular flexibility index (Phi) is 7.17. The van der Waals surface area contributed by atoms with E-state index in [9.17, 15) is 0 Å². The van der Waals surface area contributed by atoms with Gasteiger partial charge in [-0.1, -0.05) is 37.3 Å². The quantitative estimate of drug-likeness (QED) is 0.206. The highest BCUT2D eigenvalue weighted by Crippen LogP contribution is 2.27. The Bertz CT molecular complexity index is 735. The summed E-state index contributed by atoms with van der Waals surface area (Å²) in [5.41, 5.74) is 6.48. The molecule has 1 heterocycles. The molecule has 4 N–H and O–H groups in total. The molecule has 0 amide bonds. The lowest BCUT2D eigenvalue weighted by molar-refractivity contribution is 0.0817. The minimum Gasteiger partial charge on any atom is -0.465 e. The van der Waals surface area contributed by atoms with Crippen LogP contribution in [0.5, 0.6) is 0 Å². The average Bonchev–Trinajstić information content (AvgIpc) is 2.95. The van der Waals surface area contributed by atoms with Gasteiger partial charge in [0.2, 0.25) is 0 Å². The Balaban J connectivity index is 2.08. The molecule has 0 aliphatic heterocycles. The van der Waals surface area contributed by atoms with Crippen LogP contribution < -0.4 is 16.8 Å². The maximum Gasteiger partial charge on any atom is 0.272 e. The number of hydrogen-bond donors (Lipinski definition) is 3. The second-order valence-electron chi connectivity index (χ2n) is 6.81. The number of benzene rings is 1. The summed E-state index contributed by atoms with van der Waals surface area (Å²) in [7, 11) is -1.11. The van der Waals surface area contributed by atoms with Crippen molar-refractivity contribution in [3.05, 3.63) is 28.9 Å². The van der Waals surface area contributed by atoms with Gasteiger partial charge < -0.3 is 9.47 Å². The highest BCUT2D eigenvalue weighted by Gasteiger charge is 2.14. The van der Waals surface area contributed by atoms with Crippen molar-refractivity contribution in [3.8, 4) is 0 Å². The van der Waals surface area contributed by atoms with Gasteiger partial charge in [0.25, 0.3) is 5.17 Å². The van der Waals surface area contributed by atoms with Crippen molar-refractivity contribution < 1.29 is 9.47 Å². The minimum atomic E-state index is -1.11. The number of hydrazine groups is 2. The van der Waals surface area contributed by atoms with Gasteiger partial charge in [0.15, 0.2) is 0 Å². The lowest BCUT2D eigenvalue weighted by Gasteiger charge is -2.15. The van der Waals surface area contributed by atoms with E-state index in [1.165, 1.54) is 0 Å². The van der Waals surface area contributed by atoms with Gasteiger partial charge in [-0.3, -0.25) is 11.3 Å². The summed E-state index contributed by atoms with van der Waals surface area (Å²) in [6, 6.07) is 4.82. The summed E-state index contributed by atoms with van der Waals surface area (Å²) < 4.78 is 13.0. The van der Waals surface area contributed by atoms with Gasteiger partial charge in [0, 0.05) is 25.6 Å². The molecule has 2 rings (SSSR count). The molecule has 0 atom stereocenters. The van der Waals surface area contributed by atoms with E-state index in [1.807, 2.05) is 12.1 Å². The molecule has 0 bridgehead atoms. The summed E-state index contributed by atoms with van der Waals surface area (Å²) in [4.78, 5) is 0. The third-order valence-electron chi connectivity index (χ3n) is 3.59. The Morgan fingerprint density at radius 2 is 2.16 bits per heavy atom. The Hall–Kier alpha value is -1.23. The number of rotatable bonds is 8. The van der Waals surface area contributed by atoms with Crippen molar-refractivity contribution in [2.24, 2.45) is 5.84 Å². The van der Waals surface area contributed by atoms with Gasteiger partial charge in [-0.15, -0.1) is 0 Å². The number of ether oxygens (including phenoxy) is 2. The number of nitrogens with two attached hydrogens (primary N) is 1. The highest BCUT2D eigenvalue weighted by molar-refractivity contribution is 7.80. The second kappa shape index (κ2) is 8.92. The molecular weight excluding hydrogens is 378 g/mol. The van der Waals surface area contributed by atoms with E-state index in [1.54, 1.807) is 10.9 Å². The molecule has 0 spiro atoms. The molecule has 2 aromatic rings. The lowest BCUT2D eigenvalue weighted by atomic mass is 10.1. The van der Waals surface area contributed by atoms with Crippen LogP contribution in [-0.2, 0) is 22.8 Å². The molecule has 0 saturated heterocycles. The van der Waals surface area contributed by atoms with Gasteiger partial charge in [0.05, 0.1) is 16.7 Å². The first-order valence-corrected chi connectivity index (χ1v) is 12.4. The summed E-state index contributed by atoms with van der Waals surface area (Å²) in [6.07, 6.45) is 1.76. The monoisotopic (exact) mass is 401 g/mol. The summed E-state index contributed by atoms with van der Waals surface area (Å²) in [5, 5.41) is 6.08. The maximum absolute atomic E-state index is 6.36. The molecule has 10 heteroatoms. The van der Waals surface area contributed by atoms with Crippen molar-refractivity contribution in [2.75, 3.05) is 6.61 Å². The predicted molar refractivity (Wildman–Crippen MR) is 107 cm³/mol. The van der Waals surface area contributed by atoms with Crippen LogP contribution in [0.3, 0.4) is 0 Å². The van der Waals surface area contributed by atoms with Crippen LogP contribution >= 0.6 is 23.8 Å². The summed E-state index contributed by atoms with van der Waals surface area (Å²) in [5.74, 6) is 5.13. The van der Waals surface area contributed by atoms with Crippen molar-refractivity contribution in [1.29, 1.82) is 0 Å². The standard InChI is InChI=1S/C15H24ClN5O2SSi/c1-25(2,3)7-6-22-10-21-14-12(8-18-21)11(4-5-13(14)16)9-23-15(24)19-20-17/h4-5,8,20H,6-7,9-10,17H2,1-3H3,(H,19,24). The Morgan fingerprint density at radius 3 is 2.84 bits per heavy atom. The zero-order valence-corrected chi connectivity index (χ0v) is 17.2. The van der Waals surface area contributed by atoms with Gasteiger partial charge in [-0.05, 0) is 24.3 Å². The maximum atomic E-state index is 6.36. The number of halogens is 1. The van der Waals surface area contributed by atoms with Crippen LogP contribution in [0.25, 0.3) is 10.9 Å². The predicted octanol–water partition coefficient (Wildman–Crippen LogP) is 2.77. The number of nitrogens with zero attached hydrogens (tertiary/aromatic N) is 2. The topological polar surface area (TPSA) is 86.4 Å². The van der Waals surface area contributed by atoms with Crippen LogP contribution in [0.15, 0.2) is 18.3 Å². The second-order valence-corrected chi connectivity index (χ2v) is 13.2. The van der Waals surface area contributed by atoms with Crippen molar-refractivity contribution >= 4 is 48.0 Å². The molecule has 1 aromatic carbocycles. The van der Waals surface area contributed by atoms with Crippen LogP contribution in [0.1, 0.15) is 5.56 Å². The van der Waals surface area contributed by atoms with Gasteiger partial charge >= 0.3 is 0 Å². The summed E-state index contributed by atoms with van der Waals surface area (Å²) in [6.45, 7) is 8.34. The number of hydrogen-bond acceptors (Lipinski definition) is 6. The van der Waals surface area contributed by atoms with Crippen molar-refractivity contribution in [2.45, 2.75) is 39.0 Å². The molecule has 138 valence electrons. The van der Waals surface area contributed by atoms with E-state index in [4.69, 9.17) is 39.1 Å². The highest BCUT2D eigenvalue weighted by atomic mass is 35.5. The van der Waals surface area contributed by atoms with Crippen LogP contribution in [-0.4, -0.2) is 29.6 Å². The molecular formula is C15H24ClN5O2SSi. The molecule has 0 aliphatic rings. The first kappa shape index (κ1) is 20.1. The molecule has 25 heavy (non-hydrogen) atoms. The van der Waals surface area contributed by atoms with Crippen LogP contribution in [0, 0.1) is 0 Å². The fourth-order valence-corrected chi connectivity index (χ4v) is 3.34. The number of nitrogens with one attached hydrogen (secondary N) is 2. The normalized spacial score (nSPS) is 11.7. The van der Waals surface area contributed by atoms with Crippen molar-refractivity contribution in [3.63, 3.8) is 0 Å². The van der Waals surface area contributed by atoms with Crippen molar-refractivity contribution in [1.82, 2.24) is 20.7 Å². The lowest BCUT2D eigenvalue weighted by Crippen LogP contribution is -2.42. The van der Waals surface area contributed by atoms with Gasteiger partial charge in [-0.25, -0.2) is 4.68 Å². The molecule has 0 saturated carbocycles. The zero-order chi connectivity index (χ0) is 18.4. The average molecular weight is 402 g/mol.